The molecule has 6 heteroatoms. The zero-order chi connectivity index (χ0) is 23.5. The Morgan fingerprint density at radius 1 is 0.424 bits per heavy atom. The lowest BCUT2D eigenvalue weighted by atomic mass is 9.92. The number of rotatable bonds is 6. The summed E-state index contributed by atoms with van der Waals surface area (Å²) in [5.74, 6) is 2.06. The number of nitrogens with two attached hydrogens (primary N) is 3. The van der Waals surface area contributed by atoms with E-state index in [1.54, 1.807) is 21.3 Å². The fourth-order valence-electron chi connectivity index (χ4n) is 3.93. The maximum Gasteiger partial charge on any atom is 0.128 e. The first-order valence-corrected chi connectivity index (χ1v) is 10.4. The summed E-state index contributed by atoms with van der Waals surface area (Å²) in [5, 5.41) is 0. The van der Waals surface area contributed by atoms with Crippen molar-refractivity contribution in [2.45, 2.75) is 0 Å². The molecule has 0 saturated heterocycles. The second-order valence-electron chi connectivity index (χ2n) is 7.68. The third kappa shape index (κ3) is 4.36. The minimum Gasteiger partial charge on any atom is -0.496 e. The zero-order valence-corrected chi connectivity index (χ0v) is 18.9. The average Bonchev–Trinajstić information content (AvgIpc) is 2.83. The molecule has 0 bridgehead atoms. The van der Waals surface area contributed by atoms with E-state index in [4.69, 9.17) is 31.4 Å². The maximum atomic E-state index is 5.99. The van der Waals surface area contributed by atoms with E-state index in [9.17, 15) is 0 Å². The van der Waals surface area contributed by atoms with E-state index in [1.807, 2.05) is 54.6 Å². The van der Waals surface area contributed by atoms with Crippen molar-refractivity contribution < 1.29 is 14.2 Å². The van der Waals surface area contributed by atoms with Gasteiger partial charge >= 0.3 is 0 Å². The molecule has 0 heterocycles. The van der Waals surface area contributed by atoms with Gasteiger partial charge in [0.1, 0.15) is 17.2 Å². The van der Waals surface area contributed by atoms with Crippen LogP contribution in [0.4, 0.5) is 17.1 Å². The van der Waals surface area contributed by atoms with Gasteiger partial charge in [0.2, 0.25) is 0 Å². The molecule has 0 aliphatic rings. The molecule has 6 N–H and O–H groups in total. The highest BCUT2D eigenvalue weighted by Crippen LogP contribution is 2.42. The summed E-state index contributed by atoms with van der Waals surface area (Å²) in [7, 11) is 4.90. The Morgan fingerprint density at radius 2 is 0.697 bits per heavy atom. The molecule has 6 nitrogen and oxygen atoms in total. The number of hydrogen-bond donors (Lipinski definition) is 3. The summed E-state index contributed by atoms with van der Waals surface area (Å²) in [4.78, 5) is 0. The largest absolute Gasteiger partial charge is 0.496 e. The van der Waals surface area contributed by atoms with Crippen LogP contribution in [0, 0.1) is 0 Å². The Labute approximate surface area is 193 Å². The molecule has 0 fully saturated rings. The highest BCUT2D eigenvalue weighted by atomic mass is 16.5. The molecule has 0 spiro atoms. The van der Waals surface area contributed by atoms with E-state index < -0.39 is 0 Å². The summed E-state index contributed by atoms with van der Waals surface area (Å²) >= 11 is 0. The number of hydrogen-bond acceptors (Lipinski definition) is 6. The molecule has 0 aliphatic heterocycles. The Kier molecular flexibility index (Phi) is 6.00. The van der Waals surface area contributed by atoms with Gasteiger partial charge in [-0.15, -0.1) is 0 Å². The van der Waals surface area contributed by atoms with Crippen molar-refractivity contribution in [3.05, 3.63) is 72.8 Å². The van der Waals surface area contributed by atoms with Gasteiger partial charge in [0.15, 0.2) is 0 Å². The lowest BCUT2D eigenvalue weighted by Gasteiger charge is -2.17. The highest BCUT2D eigenvalue weighted by molar-refractivity contribution is 5.87. The third-order valence-corrected chi connectivity index (χ3v) is 5.54. The fraction of sp³-hybridized carbons (Fsp3) is 0.111. The normalized spacial score (nSPS) is 10.6. The molecular weight excluding hydrogens is 414 g/mol. The van der Waals surface area contributed by atoms with Gasteiger partial charge in [-0.2, -0.15) is 0 Å². The van der Waals surface area contributed by atoms with E-state index in [1.165, 1.54) is 0 Å². The molecule has 0 amide bonds. The lowest BCUT2D eigenvalue weighted by Crippen LogP contribution is -1.95. The molecular formula is C27H27N3O3. The number of benzene rings is 4. The molecule has 0 unspecified atom stereocenters. The van der Waals surface area contributed by atoms with Crippen LogP contribution in [-0.2, 0) is 0 Å². The van der Waals surface area contributed by atoms with Crippen LogP contribution in [-0.4, -0.2) is 21.3 Å². The number of ether oxygens (including phenoxy) is 3. The molecule has 4 rings (SSSR count). The Balaban J connectivity index is 2.01. The van der Waals surface area contributed by atoms with Crippen molar-refractivity contribution in [2.75, 3.05) is 38.5 Å². The number of methoxy groups -OCH3 is 3. The summed E-state index contributed by atoms with van der Waals surface area (Å²) in [6.07, 6.45) is 0. The molecule has 4 aromatic carbocycles. The van der Waals surface area contributed by atoms with Gasteiger partial charge in [-0.05, 0) is 71.3 Å². The van der Waals surface area contributed by atoms with Gasteiger partial charge in [0, 0.05) is 52.0 Å². The molecule has 0 atom stereocenters. The van der Waals surface area contributed by atoms with Crippen molar-refractivity contribution >= 4 is 17.1 Å². The quantitative estimate of drug-likeness (QED) is 0.343. The van der Waals surface area contributed by atoms with Gasteiger partial charge in [0.25, 0.3) is 0 Å². The van der Waals surface area contributed by atoms with Gasteiger partial charge in [0.05, 0.1) is 21.3 Å². The van der Waals surface area contributed by atoms with Gasteiger partial charge in [-0.25, -0.2) is 0 Å². The van der Waals surface area contributed by atoms with Crippen molar-refractivity contribution in [2.24, 2.45) is 0 Å². The molecule has 168 valence electrons. The lowest BCUT2D eigenvalue weighted by molar-refractivity contribution is 0.416. The van der Waals surface area contributed by atoms with Gasteiger partial charge in [-0.3, -0.25) is 0 Å². The minimum absolute atomic E-state index is 0.632. The summed E-state index contributed by atoms with van der Waals surface area (Å²) < 4.78 is 16.9. The topological polar surface area (TPSA) is 106 Å². The molecule has 0 saturated carbocycles. The Morgan fingerprint density at radius 3 is 0.939 bits per heavy atom. The first kappa shape index (κ1) is 21.9. The van der Waals surface area contributed by atoms with Gasteiger partial charge < -0.3 is 31.4 Å². The predicted octanol–water partition coefficient (Wildman–Crippen LogP) is 5.46. The van der Waals surface area contributed by atoms with Crippen LogP contribution in [0.15, 0.2) is 72.8 Å². The first-order valence-electron chi connectivity index (χ1n) is 10.4. The second-order valence-corrected chi connectivity index (χ2v) is 7.68. The average molecular weight is 442 g/mol. The summed E-state index contributed by atoms with van der Waals surface area (Å²) in [6, 6.07) is 23.2. The molecule has 33 heavy (non-hydrogen) atoms. The summed E-state index contributed by atoms with van der Waals surface area (Å²) in [6.45, 7) is 0. The standard InChI is InChI=1S/C27H27N3O3/c1-31-25-13-19(28)4-7-22(25)16-10-17(23-8-5-20(29)14-26(23)32-2)12-18(11-16)24-9-6-21(30)15-27(24)33-3/h4-15H,28-30H2,1-3H3. The van der Waals surface area contributed by atoms with Crippen LogP contribution >= 0.6 is 0 Å². The van der Waals surface area contributed by atoms with E-state index in [0.717, 1.165) is 33.4 Å². The summed E-state index contributed by atoms with van der Waals surface area (Å²) in [5.41, 5.74) is 25.5. The minimum atomic E-state index is 0.632. The number of nitrogen functional groups attached to an aromatic ring is 3. The van der Waals surface area contributed by atoms with Gasteiger partial charge in [-0.1, -0.05) is 0 Å². The van der Waals surface area contributed by atoms with Crippen molar-refractivity contribution in [1.29, 1.82) is 0 Å². The van der Waals surface area contributed by atoms with Crippen molar-refractivity contribution in [1.82, 2.24) is 0 Å². The van der Waals surface area contributed by atoms with E-state index >= 15 is 0 Å². The second kappa shape index (κ2) is 9.04. The van der Waals surface area contributed by atoms with Crippen LogP contribution in [0.1, 0.15) is 0 Å². The third-order valence-electron chi connectivity index (χ3n) is 5.54. The molecule has 4 aromatic rings. The van der Waals surface area contributed by atoms with Crippen LogP contribution in [0.5, 0.6) is 17.2 Å². The van der Waals surface area contributed by atoms with E-state index in [0.29, 0.717) is 34.3 Å². The maximum absolute atomic E-state index is 5.99. The van der Waals surface area contributed by atoms with E-state index in [2.05, 4.69) is 18.2 Å². The Bertz CT molecular complexity index is 1150. The van der Waals surface area contributed by atoms with Crippen LogP contribution in [0.2, 0.25) is 0 Å². The predicted molar refractivity (Wildman–Crippen MR) is 136 cm³/mol. The SMILES string of the molecule is COc1cc(N)ccc1-c1cc(-c2ccc(N)cc2OC)cc(-c2ccc(N)cc2OC)c1. The van der Waals surface area contributed by atoms with Crippen LogP contribution < -0.4 is 31.4 Å². The molecule has 0 aliphatic carbocycles. The van der Waals surface area contributed by atoms with Crippen LogP contribution in [0.3, 0.4) is 0 Å². The van der Waals surface area contributed by atoms with Crippen molar-refractivity contribution in [3.8, 4) is 50.6 Å². The molecule has 0 aromatic heterocycles. The monoisotopic (exact) mass is 441 g/mol. The smallest absolute Gasteiger partial charge is 0.128 e. The van der Waals surface area contributed by atoms with Crippen LogP contribution in [0.25, 0.3) is 33.4 Å². The zero-order valence-electron chi connectivity index (χ0n) is 18.9. The highest BCUT2D eigenvalue weighted by Gasteiger charge is 2.15. The first-order chi connectivity index (χ1) is 15.9. The molecule has 0 radical (unpaired) electrons. The Hall–Kier alpha value is -4.32. The number of anilines is 3. The van der Waals surface area contributed by atoms with E-state index in [-0.39, 0.29) is 0 Å². The fourth-order valence-corrected chi connectivity index (χ4v) is 3.93. The van der Waals surface area contributed by atoms with Crippen molar-refractivity contribution in [3.63, 3.8) is 0 Å².